The Hall–Kier alpha value is -3.79. The van der Waals surface area contributed by atoms with Gasteiger partial charge in [0.25, 0.3) is 0 Å². The van der Waals surface area contributed by atoms with Crippen molar-refractivity contribution in [2.75, 3.05) is 25.5 Å². The van der Waals surface area contributed by atoms with E-state index in [0.717, 1.165) is 55.0 Å². The number of carbonyl (C=O) groups excluding carboxylic acids is 2. The van der Waals surface area contributed by atoms with Gasteiger partial charge in [-0.25, -0.2) is 9.59 Å². The normalized spacial score (nSPS) is 19.9. The summed E-state index contributed by atoms with van der Waals surface area (Å²) in [6, 6.07) is 13.7. The number of carbonyl (C=O) groups is 2. The topological polar surface area (TPSA) is 104 Å². The number of aromatic nitrogens is 2. The summed E-state index contributed by atoms with van der Waals surface area (Å²) in [5.74, 6) is 0.534. The molecule has 3 aromatic rings. The van der Waals surface area contributed by atoms with Crippen LogP contribution in [0, 0.1) is 0 Å². The molecule has 2 fully saturated rings. The van der Waals surface area contributed by atoms with Crippen molar-refractivity contribution >= 4 is 28.8 Å². The monoisotopic (exact) mass is 578 g/mol. The van der Waals surface area contributed by atoms with Crippen LogP contribution in [0.2, 0.25) is 0 Å². The Morgan fingerprint density at radius 3 is 2.33 bits per heavy atom. The zero-order valence-corrected chi connectivity index (χ0v) is 25.0. The molecule has 0 bridgehead atoms. The third-order valence-corrected chi connectivity index (χ3v) is 7.79. The number of likely N-dealkylation sites (tertiary alicyclic amines) is 1. The first-order valence-electron chi connectivity index (χ1n) is 14.8. The van der Waals surface area contributed by atoms with Crippen LogP contribution in [0.15, 0.2) is 48.7 Å². The minimum atomic E-state index is -0.594. The van der Waals surface area contributed by atoms with Gasteiger partial charge in [-0.15, -0.1) is 0 Å². The van der Waals surface area contributed by atoms with Crippen molar-refractivity contribution in [3.63, 3.8) is 0 Å². The Bertz CT molecular complexity index is 1350. The number of nitrogens with zero attached hydrogens (tertiary/aromatic N) is 3. The minimum absolute atomic E-state index is 0.167. The summed E-state index contributed by atoms with van der Waals surface area (Å²) in [5, 5.41) is 8.55. The van der Waals surface area contributed by atoms with Crippen molar-refractivity contribution in [2.45, 2.75) is 89.8 Å². The summed E-state index contributed by atoms with van der Waals surface area (Å²) in [6.07, 6.45) is 7.18. The number of methoxy groups -OCH3 is 1. The van der Waals surface area contributed by atoms with Crippen LogP contribution in [0.5, 0.6) is 5.75 Å². The number of nitrogens with one attached hydrogen (secondary N) is 1. The Labute approximate surface area is 247 Å². The van der Waals surface area contributed by atoms with E-state index >= 15 is 0 Å². The average Bonchev–Trinajstić information content (AvgIpc) is 3.38. The van der Waals surface area contributed by atoms with Gasteiger partial charge in [0, 0.05) is 30.7 Å². The molecular formula is C32H42N4O6. The van der Waals surface area contributed by atoms with Gasteiger partial charge in [0.05, 0.1) is 36.6 Å². The van der Waals surface area contributed by atoms with E-state index in [4.69, 9.17) is 24.0 Å². The highest BCUT2D eigenvalue weighted by Gasteiger charge is 2.29. The van der Waals surface area contributed by atoms with Crippen molar-refractivity contribution in [3.05, 3.63) is 54.2 Å². The lowest BCUT2D eigenvalue weighted by molar-refractivity contribution is -0.0592. The molecule has 1 saturated heterocycles. The highest BCUT2D eigenvalue weighted by molar-refractivity contribution is 5.93. The van der Waals surface area contributed by atoms with E-state index in [9.17, 15) is 9.59 Å². The number of fused-ring (bicyclic) bond motifs is 1. The number of anilines is 1. The molecular weight excluding hydrogens is 536 g/mol. The Morgan fingerprint density at radius 2 is 1.67 bits per heavy atom. The fourth-order valence-corrected chi connectivity index (χ4v) is 5.64. The second-order valence-electron chi connectivity index (χ2n) is 12.1. The van der Waals surface area contributed by atoms with Gasteiger partial charge in [-0.2, -0.15) is 5.10 Å². The molecule has 226 valence electrons. The Kier molecular flexibility index (Phi) is 9.21. The van der Waals surface area contributed by atoms with Crippen molar-refractivity contribution < 1.29 is 28.5 Å². The lowest BCUT2D eigenvalue weighted by Gasteiger charge is -2.35. The van der Waals surface area contributed by atoms with Crippen molar-refractivity contribution in [2.24, 2.45) is 0 Å². The van der Waals surface area contributed by atoms with Gasteiger partial charge in [-0.1, -0.05) is 30.3 Å². The van der Waals surface area contributed by atoms with Crippen molar-refractivity contribution in [1.29, 1.82) is 0 Å². The number of hydrogen-bond acceptors (Lipinski definition) is 7. The lowest BCUT2D eigenvalue weighted by Crippen LogP contribution is -2.42. The smallest absolute Gasteiger partial charge is 0.412 e. The van der Waals surface area contributed by atoms with E-state index in [1.54, 1.807) is 12.0 Å². The third kappa shape index (κ3) is 7.73. The molecule has 2 amide bonds. The molecule has 1 aliphatic carbocycles. The molecule has 1 N–H and O–H groups in total. The molecule has 2 aliphatic rings. The van der Waals surface area contributed by atoms with Crippen LogP contribution < -0.4 is 10.1 Å². The first kappa shape index (κ1) is 29.7. The van der Waals surface area contributed by atoms with Crippen LogP contribution in [0.1, 0.15) is 70.9 Å². The van der Waals surface area contributed by atoms with Gasteiger partial charge < -0.3 is 23.8 Å². The van der Waals surface area contributed by atoms with Gasteiger partial charge in [0.15, 0.2) is 0 Å². The second-order valence-corrected chi connectivity index (χ2v) is 12.1. The standard InChI is InChI=1S/C32H42N4O6/c1-32(2,3)42-30(37)33-28-18-23-20-36(34-27(23)19-29(28)39-4)24-10-12-25(13-11-24)41-26-14-16-35(17-15-26)31(38)40-21-22-8-6-5-7-9-22/h5-9,18-20,24-26H,10-17,21H2,1-4H3,(H,33,37)/t24-,25-. The number of hydrogen-bond donors (Lipinski definition) is 1. The molecule has 10 heteroatoms. The summed E-state index contributed by atoms with van der Waals surface area (Å²) in [6.45, 7) is 7.08. The summed E-state index contributed by atoms with van der Waals surface area (Å²) >= 11 is 0. The fourth-order valence-electron chi connectivity index (χ4n) is 5.64. The maximum Gasteiger partial charge on any atom is 0.412 e. The third-order valence-electron chi connectivity index (χ3n) is 7.79. The predicted molar refractivity (Wildman–Crippen MR) is 160 cm³/mol. The largest absolute Gasteiger partial charge is 0.494 e. The Balaban J connectivity index is 1.09. The molecule has 1 saturated carbocycles. The molecule has 0 unspecified atom stereocenters. The van der Waals surface area contributed by atoms with Gasteiger partial charge in [0.2, 0.25) is 0 Å². The molecule has 2 heterocycles. The van der Waals surface area contributed by atoms with E-state index in [-0.39, 0.29) is 24.3 Å². The second kappa shape index (κ2) is 13.0. The Morgan fingerprint density at radius 1 is 0.976 bits per heavy atom. The highest BCUT2D eigenvalue weighted by atomic mass is 16.6. The molecule has 1 aromatic heterocycles. The summed E-state index contributed by atoms with van der Waals surface area (Å²) in [5.41, 5.74) is 1.76. The van der Waals surface area contributed by atoms with E-state index < -0.39 is 11.7 Å². The van der Waals surface area contributed by atoms with Crippen LogP contribution in [0.3, 0.4) is 0 Å². The van der Waals surface area contributed by atoms with E-state index in [0.29, 0.717) is 31.1 Å². The van der Waals surface area contributed by atoms with E-state index in [1.807, 2.05) is 74.1 Å². The zero-order valence-electron chi connectivity index (χ0n) is 25.0. The van der Waals surface area contributed by atoms with Gasteiger partial charge in [-0.05, 0) is 70.9 Å². The van der Waals surface area contributed by atoms with Crippen LogP contribution in [0.4, 0.5) is 15.3 Å². The van der Waals surface area contributed by atoms with E-state index in [2.05, 4.69) is 5.32 Å². The van der Waals surface area contributed by atoms with Gasteiger partial charge >= 0.3 is 12.2 Å². The molecule has 2 aromatic carbocycles. The van der Waals surface area contributed by atoms with Crippen molar-refractivity contribution in [1.82, 2.24) is 14.7 Å². The number of rotatable bonds is 7. The maximum atomic E-state index is 12.5. The van der Waals surface area contributed by atoms with Crippen LogP contribution >= 0.6 is 0 Å². The molecule has 0 radical (unpaired) electrons. The van der Waals surface area contributed by atoms with Crippen LogP contribution in [-0.2, 0) is 20.8 Å². The maximum absolute atomic E-state index is 12.5. The molecule has 5 rings (SSSR count). The van der Waals surface area contributed by atoms with Crippen molar-refractivity contribution in [3.8, 4) is 5.75 Å². The average molecular weight is 579 g/mol. The van der Waals surface area contributed by atoms with Gasteiger partial charge in [-0.3, -0.25) is 10.00 Å². The zero-order chi connectivity index (χ0) is 29.7. The van der Waals surface area contributed by atoms with Crippen LogP contribution in [0.25, 0.3) is 10.9 Å². The molecule has 42 heavy (non-hydrogen) atoms. The number of ether oxygens (including phenoxy) is 4. The molecule has 0 atom stereocenters. The lowest BCUT2D eigenvalue weighted by atomic mass is 9.92. The molecule has 0 spiro atoms. The summed E-state index contributed by atoms with van der Waals surface area (Å²) < 4.78 is 24.9. The minimum Gasteiger partial charge on any atom is -0.494 e. The number of amides is 2. The number of piperidine rings is 1. The predicted octanol–water partition coefficient (Wildman–Crippen LogP) is 6.69. The fraction of sp³-hybridized carbons (Fsp3) is 0.531. The van der Waals surface area contributed by atoms with Crippen LogP contribution in [-0.4, -0.2) is 64.9 Å². The molecule has 1 aliphatic heterocycles. The molecule has 10 nitrogen and oxygen atoms in total. The first-order chi connectivity index (χ1) is 20.2. The van der Waals surface area contributed by atoms with E-state index in [1.165, 1.54) is 0 Å². The first-order valence-corrected chi connectivity index (χ1v) is 14.8. The summed E-state index contributed by atoms with van der Waals surface area (Å²) in [4.78, 5) is 26.6. The summed E-state index contributed by atoms with van der Waals surface area (Å²) in [7, 11) is 1.57. The highest BCUT2D eigenvalue weighted by Crippen LogP contribution is 2.35. The van der Waals surface area contributed by atoms with Gasteiger partial charge in [0.1, 0.15) is 18.0 Å². The number of benzene rings is 2. The SMILES string of the molecule is COc1cc2nn([C@H]3CC[C@H](OC4CCN(C(=O)OCc5ccccc5)CC4)CC3)cc2cc1NC(=O)OC(C)(C)C. The quantitative estimate of drug-likeness (QED) is 0.333.